The molecule has 3 aromatic rings. The van der Waals surface area contributed by atoms with Crippen molar-refractivity contribution < 1.29 is 46.9 Å². The fraction of sp³-hybridized carbons (Fsp3) is 0.290. The van der Waals surface area contributed by atoms with Crippen LogP contribution in [0.2, 0.25) is 10.0 Å². The Bertz CT molecular complexity index is 1710. The molecule has 1 N–H and O–H groups in total. The minimum absolute atomic E-state index is 0.0208. The topological polar surface area (TPSA) is 154 Å². The summed E-state index contributed by atoms with van der Waals surface area (Å²) in [6.45, 7) is 6.29. The summed E-state index contributed by atoms with van der Waals surface area (Å²) in [6.07, 6.45) is 0. The maximum atomic E-state index is 13.5. The largest absolute Gasteiger partial charge is 0.482 e. The van der Waals surface area contributed by atoms with Gasteiger partial charge >= 0.3 is 17.9 Å². The van der Waals surface area contributed by atoms with Gasteiger partial charge in [0, 0.05) is 13.0 Å². The van der Waals surface area contributed by atoms with Crippen molar-refractivity contribution in [3.05, 3.63) is 92.5 Å². The number of amides is 1. The van der Waals surface area contributed by atoms with Gasteiger partial charge in [-0.3, -0.25) is 9.59 Å². The molecule has 1 aliphatic heterocycles. The van der Waals surface area contributed by atoms with E-state index in [0.717, 1.165) is 5.56 Å². The van der Waals surface area contributed by atoms with Crippen LogP contribution < -0.4 is 4.74 Å². The Kier molecular flexibility index (Phi) is 12.0. The molecule has 0 atom stereocenters. The van der Waals surface area contributed by atoms with Gasteiger partial charge in [-0.25, -0.2) is 22.3 Å². The van der Waals surface area contributed by atoms with E-state index in [4.69, 9.17) is 32.7 Å². The molecule has 240 valence electrons. The summed E-state index contributed by atoms with van der Waals surface area (Å²) in [5.74, 6) is -3.24. The molecular formula is C31H31Cl2NO10S. The van der Waals surface area contributed by atoms with E-state index in [0.29, 0.717) is 16.5 Å². The van der Waals surface area contributed by atoms with Crippen molar-refractivity contribution in [2.45, 2.75) is 51.7 Å². The maximum absolute atomic E-state index is 13.5. The fourth-order valence-corrected chi connectivity index (χ4v) is 6.46. The van der Waals surface area contributed by atoms with Crippen LogP contribution >= 0.6 is 23.2 Å². The van der Waals surface area contributed by atoms with E-state index in [1.807, 2.05) is 18.2 Å². The van der Waals surface area contributed by atoms with Gasteiger partial charge in [0.25, 0.3) is 15.9 Å². The molecule has 0 unspecified atom stereocenters. The number of esters is 2. The van der Waals surface area contributed by atoms with E-state index < -0.39 is 46.6 Å². The Morgan fingerprint density at radius 1 is 1.00 bits per heavy atom. The number of carboxylic acids is 1. The van der Waals surface area contributed by atoms with Crippen molar-refractivity contribution >= 4 is 57.0 Å². The van der Waals surface area contributed by atoms with Crippen molar-refractivity contribution in [1.82, 2.24) is 4.31 Å². The highest BCUT2D eigenvalue weighted by Crippen LogP contribution is 2.40. The first-order valence-corrected chi connectivity index (χ1v) is 15.8. The van der Waals surface area contributed by atoms with E-state index in [-0.39, 0.29) is 50.3 Å². The number of sulfonamides is 1. The highest BCUT2D eigenvalue weighted by Gasteiger charge is 2.44. The first-order valence-electron chi connectivity index (χ1n) is 13.6. The van der Waals surface area contributed by atoms with Crippen molar-refractivity contribution in [2.75, 3.05) is 13.2 Å². The van der Waals surface area contributed by atoms with Gasteiger partial charge < -0.3 is 19.3 Å². The van der Waals surface area contributed by atoms with Crippen molar-refractivity contribution in [2.24, 2.45) is 0 Å². The third-order valence-corrected chi connectivity index (χ3v) is 8.88. The molecule has 0 radical (unpaired) electrons. The zero-order chi connectivity index (χ0) is 33.5. The minimum Gasteiger partial charge on any atom is -0.482 e. The normalized spacial score (nSPS) is 13.0. The SMILES string of the molecule is CC(C)c1cc(OCC(=O)OCc2ccccc2)cc2c1C(=O)N(Cc1ccc(Cl)c(C(=O)O)c1Cl)S2(=O)=O.CCOC(C)=O. The third kappa shape index (κ3) is 8.53. The van der Waals surface area contributed by atoms with Crippen LogP contribution in [0.15, 0.2) is 59.5 Å². The molecule has 0 saturated heterocycles. The number of nitrogens with zero attached hydrogens (tertiary/aromatic N) is 1. The first kappa shape index (κ1) is 35.4. The number of hydrogen-bond acceptors (Lipinski definition) is 9. The number of benzene rings is 3. The second-order valence-corrected chi connectivity index (χ2v) is 12.5. The van der Waals surface area contributed by atoms with Gasteiger partial charge in [0.05, 0.1) is 34.3 Å². The molecule has 1 aliphatic rings. The smallest absolute Gasteiger partial charge is 0.344 e. The van der Waals surface area contributed by atoms with Crippen LogP contribution in [0.3, 0.4) is 0 Å². The summed E-state index contributed by atoms with van der Waals surface area (Å²) in [7, 11) is -4.37. The average molecular weight is 681 g/mol. The highest BCUT2D eigenvalue weighted by molar-refractivity contribution is 7.90. The van der Waals surface area contributed by atoms with E-state index in [9.17, 15) is 32.7 Å². The molecule has 3 aromatic carbocycles. The molecule has 4 rings (SSSR count). The number of carbonyl (C=O) groups is 4. The van der Waals surface area contributed by atoms with Crippen LogP contribution in [0.5, 0.6) is 5.75 Å². The van der Waals surface area contributed by atoms with Crippen LogP contribution in [0.4, 0.5) is 0 Å². The lowest BCUT2D eigenvalue weighted by molar-refractivity contribution is -0.147. The first-order chi connectivity index (χ1) is 21.2. The lowest BCUT2D eigenvalue weighted by atomic mass is 9.96. The summed E-state index contributed by atoms with van der Waals surface area (Å²) < 4.78 is 42.8. The number of carboxylic acid groups (broad SMARTS) is 1. The summed E-state index contributed by atoms with van der Waals surface area (Å²) >= 11 is 12.2. The molecule has 0 bridgehead atoms. The zero-order valence-corrected chi connectivity index (χ0v) is 27.2. The number of halogens is 2. The monoisotopic (exact) mass is 679 g/mol. The molecular weight excluding hydrogens is 649 g/mol. The number of ether oxygens (including phenoxy) is 3. The zero-order valence-electron chi connectivity index (χ0n) is 24.8. The van der Waals surface area contributed by atoms with Gasteiger partial charge in [0.2, 0.25) is 0 Å². The van der Waals surface area contributed by atoms with Gasteiger partial charge in [0.15, 0.2) is 6.61 Å². The lowest BCUT2D eigenvalue weighted by Crippen LogP contribution is -2.30. The van der Waals surface area contributed by atoms with Crippen LogP contribution in [-0.4, -0.2) is 54.9 Å². The quantitative estimate of drug-likeness (QED) is 0.258. The van der Waals surface area contributed by atoms with Gasteiger partial charge in [-0.1, -0.05) is 73.4 Å². The number of carbonyl (C=O) groups excluding carboxylic acids is 3. The fourth-order valence-electron chi connectivity index (χ4n) is 4.28. The standard InChI is InChI=1S/C27H23Cl2NO8S.C4H8O2/c1-15(2)19-10-18(37-14-22(31)38-13-16-6-4-3-5-7-16)11-21-23(19)26(32)30(39(21,35)36)12-17-8-9-20(28)24(25(17)29)27(33)34;1-3-6-4(2)5/h3-11,15H,12-14H2,1-2H3,(H,33,34);3H2,1-2H3. The molecule has 45 heavy (non-hydrogen) atoms. The Balaban J connectivity index is 0.000000838. The number of fused-ring (bicyclic) bond motifs is 1. The molecule has 0 fully saturated rings. The highest BCUT2D eigenvalue weighted by atomic mass is 35.5. The molecule has 1 heterocycles. The summed E-state index contributed by atoms with van der Waals surface area (Å²) in [5, 5.41) is 9.03. The maximum Gasteiger partial charge on any atom is 0.344 e. The Morgan fingerprint density at radius 3 is 2.22 bits per heavy atom. The Morgan fingerprint density at radius 2 is 1.67 bits per heavy atom. The van der Waals surface area contributed by atoms with Crippen LogP contribution in [0.1, 0.15) is 71.0 Å². The van der Waals surface area contributed by atoms with Crippen LogP contribution in [0.25, 0.3) is 0 Å². The Hall–Kier alpha value is -4.13. The summed E-state index contributed by atoms with van der Waals surface area (Å²) in [5.41, 5.74) is 0.880. The van der Waals surface area contributed by atoms with Crippen LogP contribution in [-0.2, 0) is 42.2 Å². The molecule has 0 saturated carbocycles. The predicted octanol–water partition coefficient (Wildman–Crippen LogP) is 5.85. The molecule has 0 aromatic heterocycles. The van der Waals surface area contributed by atoms with Gasteiger partial charge in [0.1, 0.15) is 17.3 Å². The molecule has 0 spiro atoms. The summed E-state index contributed by atoms with van der Waals surface area (Å²) in [6, 6.07) is 14.4. The molecule has 14 heteroatoms. The molecule has 11 nitrogen and oxygen atoms in total. The van der Waals surface area contributed by atoms with E-state index in [1.165, 1.54) is 31.2 Å². The minimum atomic E-state index is -4.37. The average Bonchev–Trinajstić information content (AvgIpc) is 3.16. The second-order valence-electron chi connectivity index (χ2n) is 9.92. The van der Waals surface area contributed by atoms with Gasteiger partial charge in [-0.15, -0.1) is 0 Å². The van der Waals surface area contributed by atoms with Crippen molar-refractivity contribution in [3.8, 4) is 5.75 Å². The predicted molar refractivity (Wildman–Crippen MR) is 165 cm³/mol. The van der Waals surface area contributed by atoms with Gasteiger partial charge in [-0.2, -0.15) is 0 Å². The molecule has 1 amide bonds. The Labute approximate surface area is 270 Å². The lowest BCUT2D eigenvalue weighted by Gasteiger charge is -2.17. The van der Waals surface area contributed by atoms with Crippen LogP contribution in [0, 0.1) is 0 Å². The van der Waals surface area contributed by atoms with Crippen molar-refractivity contribution in [1.29, 1.82) is 0 Å². The third-order valence-electron chi connectivity index (χ3n) is 6.38. The number of aromatic carboxylic acids is 1. The number of hydrogen-bond donors (Lipinski definition) is 1. The summed E-state index contributed by atoms with van der Waals surface area (Å²) in [4.78, 5) is 46.7. The van der Waals surface area contributed by atoms with E-state index in [1.54, 1.807) is 32.9 Å². The van der Waals surface area contributed by atoms with E-state index in [2.05, 4.69) is 4.74 Å². The van der Waals surface area contributed by atoms with Gasteiger partial charge in [-0.05, 0) is 41.7 Å². The van der Waals surface area contributed by atoms with E-state index >= 15 is 0 Å². The van der Waals surface area contributed by atoms with Crippen molar-refractivity contribution in [3.63, 3.8) is 0 Å². The molecule has 0 aliphatic carbocycles. The second kappa shape index (κ2) is 15.2. The number of rotatable bonds is 10.